The van der Waals surface area contributed by atoms with Gasteiger partial charge >= 0.3 is 6.03 Å². The van der Waals surface area contributed by atoms with Crippen LogP contribution in [0.4, 0.5) is 10.5 Å². The van der Waals surface area contributed by atoms with Crippen molar-refractivity contribution in [3.05, 3.63) is 94.1 Å². The van der Waals surface area contributed by atoms with Crippen LogP contribution in [0.5, 0.6) is 5.75 Å². The number of hydrogen-bond acceptors (Lipinski definition) is 2. The molecule has 0 radical (unpaired) electrons. The summed E-state index contributed by atoms with van der Waals surface area (Å²) in [5.41, 5.74) is 6.32. The van der Waals surface area contributed by atoms with Crippen LogP contribution in [0.15, 0.2) is 66.7 Å². The number of halogens is 1. The van der Waals surface area contributed by atoms with Crippen LogP contribution in [0, 0.1) is 0 Å². The van der Waals surface area contributed by atoms with Gasteiger partial charge in [0.2, 0.25) is 0 Å². The number of aryl methyl sites for hydroxylation is 1. The lowest BCUT2D eigenvalue weighted by molar-refractivity contribution is 0.193. The quantitative estimate of drug-likeness (QED) is 0.362. The molecule has 33 heavy (non-hydrogen) atoms. The van der Waals surface area contributed by atoms with E-state index in [2.05, 4.69) is 17.2 Å². The van der Waals surface area contributed by atoms with Crippen molar-refractivity contribution < 1.29 is 9.53 Å². The highest BCUT2D eigenvalue weighted by Crippen LogP contribution is 2.39. The fraction of sp³-hybridized carbons (Fsp3) is 0.222. The second kappa shape index (κ2) is 8.83. The van der Waals surface area contributed by atoms with E-state index < -0.39 is 0 Å². The maximum Gasteiger partial charge on any atom is 0.322 e. The number of amides is 2. The van der Waals surface area contributed by atoms with Crippen LogP contribution in [-0.2, 0) is 12.8 Å². The number of H-pyrrole nitrogens is 1. The Hall–Kier alpha value is -3.44. The molecule has 2 amide bonds. The van der Waals surface area contributed by atoms with Crippen LogP contribution in [0.2, 0.25) is 5.02 Å². The number of methoxy groups -OCH3 is 1. The molecular weight excluding hydrogens is 434 g/mol. The molecule has 1 aliphatic heterocycles. The number of carbonyl (C=O) groups excluding carboxylic acids is 1. The smallest absolute Gasteiger partial charge is 0.322 e. The third-order valence-corrected chi connectivity index (χ3v) is 6.63. The second-order valence-corrected chi connectivity index (χ2v) is 8.74. The molecule has 0 fully saturated rings. The summed E-state index contributed by atoms with van der Waals surface area (Å²) in [7, 11) is 1.65. The molecule has 1 atom stereocenters. The van der Waals surface area contributed by atoms with Gasteiger partial charge in [-0.15, -0.1) is 0 Å². The Morgan fingerprint density at radius 1 is 1.12 bits per heavy atom. The summed E-state index contributed by atoms with van der Waals surface area (Å²) < 4.78 is 5.34. The summed E-state index contributed by atoms with van der Waals surface area (Å²) in [6.45, 7) is 2.72. The molecule has 2 heterocycles. The number of urea groups is 1. The average molecular weight is 460 g/mol. The molecule has 0 bridgehead atoms. The molecule has 3 aromatic carbocycles. The first-order chi connectivity index (χ1) is 16.1. The van der Waals surface area contributed by atoms with Crippen molar-refractivity contribution in [2.24, 2.45) is 0 Å². The van der Waals surface area contributed by atoms with Crippen LogP contribution in [-0.4, -0.2) is 29.6 Å². The summed E-state index contributed by atoms with van der Waals surface area (Å²) >= 11 is 6.29. The van der Waals surface area contributed by atoms with Crippen LogP contribution < -0.4 is 10.1 Å². The molecule has 5 nitrogen and oxygen atoms in total. The Bertz CT molecular complexity index is 1300. The number of benzene rings is 3. The Kier molecular flexibility index (Phi) is 5.73. The molecule has 1 aliphatic rings. The largest absolute Gasteiger partial charge is 0.497 e. The first kappa shape index (κ1) is 21.4. The van der Waals surface area contributed by atoms with E-state index in [1.165, 1.54) is 11.1 Å². The number of aromatic nitrogens is 1. The van der Waals surface area contributed by atoms with Crippen molar-refractivity contribution in [2.75, 3.05) is 19.0 Å². The molecule has 0 aliphatic carbocycles. The minimum Gasteiger partial charge on any atom is -0.497 e. The van der Waals surface area contributed by atoms with Crippen molar-refractivity contribution in [3.8, 4) is 5.75 Å². The number of anilines is 1. The number of fused-ring (bicyclic) bond motifs is 3. The summed E-state index contributed by atoms with van der Waals surface area (Å²) in [5, 5.41) is 4.91. The summed E-state index contributed by atoms with van der Waals surface area (Å²) in [5.74, 6) is 0.783. The van der Waals surface area contributed by atoms with Crippen molar-refractivity contribution >= 4 is 34.2 Å². The third kappa shape index (κ3) is 4.05. The predicted octanol–water partition coefficient (Wildman–Crippen LogP) is 6.57. The lowest BCUT2D eigenvalue weighted by Gasteiger charge is -2.36. The zero-order valence-corrected chi connectivity index (χ0v) is 19.4. The van der Waals surface area contributed by atoms with E-state index in [1.807, 2.05) is 71.6 Å². The fourth-order valence-electron chi connectivity index (χ4n) is 4.63. The number of nitrogens with zero attached hydrogens (tertiary/aromatic N) is 1. The zero-order chi connectivity index (χ0) is 22.9. The molecule has 2 N–H and O–H groups in total. The molecule has 4 aromatic rings. The minimum absolute atomic E-state index is 0.123. The van der Waals surface area contributed by atoms with Crippen molar-refractivity contribution in [1.82, 2.24) is 9.88 Å². The molecule has 0 unspecified atom stereocenters. The maximum absolute atomic E-state index is 13.5. The summed E-state index contributed by atoms with van der Waals surface area (Å²) in [6.07, 6.45) is 1.72. The maximum atomic E-state index is 13.5. The molecule has 0 saturated heterocycles. The first-order valence-electron chi connectivity index (χ1n) is 11.2. The molecule has 0 saturated carbocycles. The van der Waals surface area contributed by atoms with Crippen LogP contribution in [0.3, 0.4) is 0 Å². The second-order valence-electron chi connectivity index (χ2n) is 8.31. The number of carbonyl (C=O) groups is 1. The Labute approximate surface area is 198 Å². The van der Waals surface area contributed by atoms with Gasteiger partial charge in [-0.1, -0.05) is 42.8 Å². The van der Waals surface area contributed by atoms with Crippen molar-refractivity contribution in [2.45, 2.75) is 25.8 Å². The fourth-order valence-corrected chi connectivity index (χ4v) is 4.80. The molecule has 0 spiro atoms. The lowest BCUT2D eigenvalue weighted by Crippen LogP contribution is -2.43. The van der Waals surface area contributed by atoms with E-state index >= 15 is 0 Å². The lowest BCUT2D eigenvalue weighted by atomic mass is 9.92. The summed E-state index contributed by atoms with van der Waals surface area (Å²) in [6, 6.07) is 21.4. The molecule has 1 aromatic heterocycles. The van der Waals surface area contributed by atoms with Gasteiger partial charge in [-0.3, -0.25) is 0 Å². The van der Waals surface area contributed by atoms with Gasteiger partial charge in [0.25, 0.3) is 0 Å². The van der Waals surface area contributed by atoms with E-state index in [1.54, 1.807) is 7.11 Å². The van der Waals surface area contributed by atoms with E-state index in [0.717, 1.165) is 46.4 Å². The molecule has 5 rings (SSSR count). The number of ether oxygens (including phenoxy) is 1. The Morgan fingerprint density at radius 2 is 1.88 bits per heavy atom. The van der Waals surface area contributed by atoms with E-state index in [0.29, 0.717) is 11.6 Å². The van der Waals surface area contributed by atoms with E-state index in [-0.39, 0.29) is 12.1 Å². The van der Waals surface area contributed by atoms with Gasteiger partial charge in [0, 0.05) is 33.9 Å². The average Bonchev–Trinajstić information content (AvgIpc) is 3.21. The molecule has 6 heteroatoms. The molecule has 168 valence electrons. The van der Waals surface area contributed by atoms with Gasteiger partial charge in [-0.05, 0) is 72.0 Å². The van der Waals surface area contributed by atoms with E-state index in [9.17, 15) is 4.79 Å². The molecular formula is C27H26ClN3O2. The van der Waals surface area contributed by atoms with Crippen LogP contribution in [0.1, 0.15) is 35.3 Å². The number of nitrogens with one attached hydrogen (secondary N) is 2. The first-order valence-corrected chi connectivity index (χ1v) is 11.6. The van der Waals surface area contributed by atoms with E-state index in [4.69, 9.17) is 16.3 Å². The van der Waals surface area contributed by atoms with Gasteiger partial charge in [-0.2, -0.15) is 0 Å². The Morgan fingerprint density at radius 3 is 2.58 bits per heavy atom. The number of hydrogen-bond donors (Lipinski definition) is 2. The normalized spacial score (nSPS) is 15.4. The van der Waals surface area contributed by atoms with Crippen LogP contribution in [0.25, 0.3) is 10.9 Å². The number of rotatable bonds is 4. The number of aromatic amines is 1. The van der Waals surface area contributed by atoms with Crippen LogP contribution >= 0.6 is 11.6 Å². The highest BCUT2D eigenvalue weighted by atomic mass is 35.5. The Balaban J connectivity index is 1.54. The third-order valence-electron chi connectivity index (χ3n) is 6.39. The van der Waals surface area contributed by atoms with Gasteiger partial charge in [0.1, 0.15) is 5.75 Å². The predicted molar refractivity (Wildman–Crippen MR) is 133 cm³/mol. The van der Waals surface area contributed by atoms with Crippen molar-refractivity contribution in [1.29, 1.82) is 0 Å². The van der Waals surface area contributed by atoms with Gasteiger partial charge in [0.15, 0.2) is 0 Å². The topological polar surface area (TPSA) is 57.4 Å². The minimum atomic E-state index is -0.249. The zero-order valence-electron chi connectivity index (χ0n) is 18.7. The SMILES string of the molecule is CCc1ccc(NC(=O)N2CCc3c([nH]c4ccc(Cl)cc34)[C@@H]2c2ccc(OC)cc2)cc1. The van der Waals surface area contributed by atoms with Gasteiger partial charge < -0.3 is 19.9 Å². The standard InChI is InChI=1S/C27H26ClN3O2/c1-3-17-4-9-20(10-5-17)29-27(32)31-15-14-22-23-16-19(28)8-13-24(23)30-25(22)26(31)18-6-11-21(33-2)12-7-18/h4-13,16,26,30H,3,14-15H2,1-2H3,(H,29,32)/t26-/m0/s1. The van der Waals surface area contributed by atoms with Gasteiger partial charge in [0.05, 0.1) is 13.2 Å². The highest BCUT2D eigenvalue weighted by molar-refractivity contribution is 6.31. The van der Waals surface area contributed by atoms with Gasteiger partial charge in [-0.25, -0.2) is 4.79 Å². The van der Waals surface area contributed by atoms with Crippen molar-refractivity contribution in [3.63, 3.8) is 0 Å². The highest BCUT2D eigenvalue weighted by Gasteiger charge is 2.34. The monoisotopic (exact) mass is 459 g/mol. The summed E-state index contributed by atoms with van der Waals surface area (Å²) in [4.78, 5) is 18.9.